The van der Waals surface area contributed by atoms with Gasteiger partial charge in [0.15, 0.2) is 0 Å². The molecule has 1 aromatic heterocycles. The fourth-order valence-electron chi connectivity index (χ4n) is 3.15. The highest BCUT2D eigenvalue weighted by molar-refractivity contribution is 7.11. The standard InChI is InChI=1S/C16H21F2N3O3S/c17-15(18)13-14(25-9-20-13)16(23)21-6-5-10(21)7-19-12(22)8-24-11-3-1-2-4-11/h9-11,15H,1-8H2,(H,19,22). The van der Waals surface area contributed by atoms with Crippen molar-refractivity contribution in [1.29, 1.82) is 0 Å². The molecule has 6 nitrogen and oxygen atoms in total. The van der Waals surface area contributed by atoms with Crippen molar-refractivity contribution < 1.29 is 23.1 Å². The van der Waals surface area contributed by atoms with Crippen LogP contribution in [0.5, 0.6) is 0 Å². The van der Waals surface area contributed by atoms with Gasteiger partial charge in [-0.2, -0.15) is 0 Å². The summed E-state index contributed by atoms with van der Waals surface area (Å²) in [5.74, 6) is -0.650. The van der Waals surface area contributed by atoms with E-state index in [-0.39, 0.29) is 29.5 Å². The molecule has 138 valence electrons. The van der Waals surface area contributed by atoms with E-state index in [1.165, 1.54) is 10.4 Å². The lowest BCUT2D eigenvalue weighted by Gasteiger charge is -2.40. The first-order chi connectivity index (χ1) is 12.1. The fourth-order valence-corrected chi connectivity index (χ4v) is 3.90. The van der Waals surface area contributed by atoms with Crippen LogP contribution in [0.1, 0.15) is 53.9 Å². The summed E-state index contributed by atoms with van der Waals surface area (Å²) in [4.78, 5) is 29.3. The van der Waals surface area contributed by atoms with Gasteiger partial charge in [-0.05, 0) is 19.3 Å². The number of halogens is 2. The fraction of sp³-hybridized carbons (Fsp3) is 0.688. The summed E-state index contributed by atoms with van der Waals surface area (Å²) in [6.07, 6.45) is 2.42. The first kappa shape index (κ1) is 18.2. The summed E-state index contributed by atoms with van der Waals surface area (Å²) in [6.45, 7) is 0.829. The minimum atomic E-state index is -2.77. The lowest BCUT2D eigenvalue weighted by molar-refractivity contribution is -0.128. The average molecular weight is 373 g/mol. The molecular weight excluding hydrogens is 352 g/mol. The average Bonchev–Trinajstić information content (AvgIpc) is 3.23. The van der Waals surface area contributed by atoms with Crippen molar-refractivity contribution in [2.45, 2.75) is 50.7 Å². The maximum atomic E-state index is 12.9. The molecule has 2 heterocycles. The predicted molar refractivity (Wildman–Crippen MR) is 87.7 cm³/mol. The highest BCUT2D eigenvalue weighted by atomic mass is 32.1. The van der Waals surface area contributed by atoms with Gasteiger partial charge in [0.1, 0.15) is 17.2 Å². The molecule has 1 unspecified atom stereocenters. The molecule has 0 radical (unpaired) electrons. The zero-order chi connectivity index (χ0) is 17.8. The van der Waals surface area contributed by atoms with Gasteiger partial charge < -0.3 is 15.0 Å². The number of thiazole rings is 1. The summed E-state index contributed by atoms with van der Waals surface area (Å²) >= 11 is 0.923. The van der Waals surface area contributed by atoms with Gasteiger partial charge in [0.2, 0.25) is 5.91 Å². The molecule has 9 heteroatoms. The maximum absolute atomic E-state index is 12.9. The molecule has 2 aliphatic rings. The van der Waals surface area contributed by atoms with E-state index in [1.807, 2.05) is 0 Å². The molecule has 0 spiro atoms. The van der Waals surface area contributed by atoms with E-state index in [9.17, 15) is 18.4 Å². The number of hydrogen-bond acceptors (Lipinski definition) is 5. The third-order valence-corrected chi connectivity index (χ3v) is 5.52. The monoisotopic (exact) mass is 373 g/mol. The predicted octanol–water partition coefficient (Wildman–Crippen LogP) is 2.37. The minimum absolute atomic E-state index is 0.0180. The third-order valence-electron chi connectivity index (χ3n) is 4.69. The third kappa shape index (κ3) is 4.33. The topological polar surface area (TPSA) is 71.5 Å². The Morgan fingerprint density at radius 1 is 1.36 bits per heavy atom. The number of hydrogen-bond donors (Lipinski definition) is 1. The molecule has 0 bridgehead atoms. The van der Waals surface area contributed by atoms with Gasteiger partial charge >= 0.3 is 0 Å². The number of carbonyl (C=O) groups is 2. The molecule has 25 heavy (non-hydrogen) atoms. The zero-order valence-corrected chi connectivity index (χ0v) is 14.6. The summed E-state index contributed by atoms with van der Waals surface area (Å²) < 4.78 is 31.3. The van der Waals surface area contributed by atoms with Gasteiger partial charge in [-0.15, -0.1) is 11.3 Å². The molecule has 1 aliphatic carbocycles. The van der Waals surface area contributed by atoms with Crippen molar-refractivity contribution >= 4 is 23.2 Å². The van der Waals surface area contributed by atoms with Crippen LogP contribution in [0.2, 0.25) is 0 Å². The van der Waals surface area contributed by atoms with Crippen molar-refractivity contribution in [3.05, 3.63) is 16.1 Å². The Labute approximate surface area is 148 Å². The second-order valence-corrected chi connectivity index (χ2v) is 7.18. The van der Waals surface area contributed by atoms with Gasteiger partial charge in [-0.25, -0.2) is 13.8 Å². The Balaban J connectivity index is 1.45. The highest BCUT2D eigenvalue weighted by Gasteiger charge is 2.35. The SMILES string of the molecule is O=C(COC1CCCC1)NCC1CCN1C(=O)c1scnc1C(F)F. The van der Waals surface area contributed by atoms with Crippen molar-refractivity contribution in [3.63, 3.8) is 0 Å². The van der Waals surface area contributed by atoms with Crippen LogP contribution in [-0.4, -0.2) is 53.5 Å². The summed E-state index contributed by atoms with van der Waals surface area (Å²) in [5.41, 5.74) is 0.792. The molecule has 2 fully saturated rings. The molecule has 3 rings (SSSR count). The van der Waals surface area contributed by atoms with Gasteiger partial charge in [-0.1, -0.05) is 12.8 Å². The molecule has 1 saturated carbocycles. The molecule has 1 aromatic rings. The van der Waals surface area contributed by atoms with E-state index in [0.717, 1.165) is 43.4 Å². The number of nitrogens with zero attached hydrogens (tertiary/aromatic N) is 2. The second-order valence-electron chi connectivity index (χ2n) is 6.33. The Morgan fingerprint density at radius 2 is 2.12 bits per heavy atom. The number of likely N-dealkylation sites (tertiary alicyclic amines) is 1. The molecule has 1 N–H and O–H groups in total. The normalized spacial score (nSPS) is 20.8. The summed E-state index contributed by atoms with van der Waals surface area (Å²) in [7, 11) is 0. The van der Waals surface area contributed by atoms with Crippen LogP contribution in [0, 0.1) is 0 Å². The molecule has 1 aliphatic heterocycles. The van der Waals surface area contributed by atoms with Gasteiger partial charge in [-0.3, -0.25) is 9.59 Å². The van der Waals surface area contributed by atoms with Crippen molar-refractivity contribution in [2.24, 2.45) is 0 Å². The first-order valence-electron chi connectivity index (χ1n) is 8.47. The second kappa shape index (κ2) is 8.18. The zero-order valence-electron chi connectivity index (χ0n) is 13.7. The number of ether oxygens (including phenoxy) is 1. The molecular formula is C16H21F2N3O3S. The Morgan fingerprint density at radius 3 is 2.76 bits per heavy atom. The summed E-state index contributed by atoms with van der Waals surface area (Å²) in [5, 5.41) is 2.76. The number of aromatic nitrogens is 1. The number of carbonyl (C=O) groups excluding carboxylic acids is 2. The van der Waals surface area contributed by atoms with Crippen LogP contribution in [0.25, 0.3) is 0 Å². The lowest BCUT2D eigenvalue weighted by Crippen LogP contribution is -2.56. The van der Waals surface area contributed by atoms with Gasteiger partial charge in [0, 0.05) is 13.1 Å². The van der Waals surface area contributed by atoms with Crippen LogP contribution in [0.15, 0.2) is 5.51 Å². The number of amides is 2. The highest BCUT2D eigenvalue weighted by Crippen LogP contribution is 2.29. The van der Waals surface area contributed by atoms with E-state index in [1.54, 1.807) is 0 Å². The van der Waals surface area contributed by atoms with E-state index in [0.29, 0.717) is 13.1 Å². The van der Waals surface area contributed by atoms with E-state index in [2.05, 4.69) is 10.3 Å². The molecule has 1 atom stereocenters. The van der Waals surface area contributed by atoms with Crippen LogP contribution in [-0.2, 0) is 9.53 Å². The van der Waals surface area contributed by atoms with E-state index < -0.39 is 18.0 Å². The van der Waals surface area contributed by atoms with Crippen molar-refractivity contribution in [3.8, 4) is 0 Å². The summed E-state index contributed by atoms with van der Waals surface area (Å²) in [6, 6.07) is -0.171. The number of rotatable bonds is 7. The Kier molecular flexibility index (Phi) is 5.95. The Bertz CT molecular complexity index is 620. The maximum Gasteiger partial charge on any atom is 0.281 e. The largest absolute Gasteiger partial charge is 0.368 e. The van der Waals surface area contributed by atoms with Crippen molar-refractivity contribution in [1.82, 2.24) is 15.2 Å². The van der Waals surface area contributed by atoms with Crippen LogP contribution < -0.4 is 5.32 Å². The van der Waals surface area contributed by atoms with Crippen molar-refractivity contribution in [2.75, 3.05) is 19.7 Å². The van der Waals surface area contributed by atoms with Crippen LogP contribution in [0.4, 0.5) is 8.78 Å². The lowest BCUT2D eigenvalue weighted by atomic mass is 10.0. The smallest absolute Gasteiger partial charge is 0.281 e. The number of alkyl halides is 2. The van der Waals surface area contributed by atoms with Gasteiger partial charge in [0.05, 0.1) is 17.7 Å². The first-order valence-corrected chi connectivity index (χ1v) is 9.35. The quantitative estimate of drug-likeness (QED) is 0.797. The van der Waals surface area contributed by atoms with Gasteiger partial charge in [0.25, 0.3) is 12.3 Å². The van der Waals surface area contributed by atoms with Crippen LogP contribution in [0.3, 0.4) is 0 Å². The number of nitrogens with one attached hydrogen (secondary N) is 1. The Hall–Kier alpha value is -1.61. The van der Waals surface area contributed by atoms with Crippen LogP contribution >= 0.6 is 11.3 Å². The molecule has 0 aromatic carbocycles. The minimum Gasteiger partial charge on any atom is -0.368 e. The van der Waals surface area contributed by atoms with E-state index in [4.69, 9.17) is 4.74 Å². The molecule has 2 amide bonds. The van der Waals surface area contributed by atoms with E-state index >= 15 is 0 Å². The molecule has 1 saturated heterocycles.